The van der Waals surface area contributed by atoms with Gasteiger partial charge in [0.1, 0.15) is 16.7 Å². The fourth-order valence-corrected chi connectivity index (χ4v) is 4.90. The fraction of sp³-hybridized carbons (Fsp3) is 0.346. The molecule has 190 valence electrons. The van der Waals surface area contributed by atoms with Crippen LogP contribution in [0.25, 0.3) is 11.3 Å². The van der Waals surface area contributed by atoms with Gasteiger partial charge in [0.25, 0.3) is 0 Å². The zero-order valence-corrected chi connectivity index (χ0v) is 20.7. The highest BCUT2D eigenvalue weighted by atomic mass is 32.2. The molecule has 36 heavy (non-hydrogen) atoms. The maximum absolute atomic E-state index is 13.8. The van der Waals surface area contributed by atoms with Gasteiger partial charge in [0, 0.05) is 30.6 Å². The summed E-state index contributed by atoms with van der Waals surface area (Å²) in [5.41, 5.74) is 0.332. The van der Waals surface area contributed by atoms with E-state index in [0.29, 0.717) is 29.4 Å². The Hall–Kier alpha value is -3.27. The maximum Gasteiger partial charge on any atom is 0.418 e. The third-order valence-electron chi connectivity index (χ3n) is 6.10. The summed E-state index contributed by atoms with van der Waals surface area (Å²) >= 11 is 1.14. The zero-order valence-electron chi connectivity index (χ0n) is 19.9. The molecule has 3 heterocycles. The Kier molecular flexibility index (Phi) is 7.73. The summed E-state index contributed by atoms with van der Waals surface area (Å²) in [5, 5.41) is 9.94. The monoisotopic (exact) mass is 516 g/mol. The van der Waals surface area contributed by atoms with Crippen molar-refractivity contribution in [3.05, 3.63) is 65.7 Å². The second kappa shape index (κ2) is 10.8. The van der Waals surface area contributed by atoms with Crippen LogP contribution in [0.5, 0.6) is 0 Å². The normalized spacial score (nSPS) is 16.3. The lowest BCUT2D eigenvalue weighted by molar-refractivity contribution is -0.142. The van der Waals surface area contributed by atoms with Gasteiger partial charge in [0.15, 0.2) is 0 Å². The summed E-state index contributed by atoms with van der Waals surface area (Å²) in [6, 6.07) is 14.8. The molecule has 0 radical (unpaired) electrons. The van der Waals surface area contributed by atoms with E-state index < -0.39 is 23.6 Å². The number of carbonyl (C=O) groups is 1. The van der Waals surface area contributed by atoms with Crippen molar-refractivity contribution >= 4 is 29.6 Å². The Morgan fingerprint density at radius 1 is 1.11 bits per heavy atom. The van der Waals surface area contributed by atoms with E-state index in [9.17, 15) is 23.1 Å². The van der Waals surface area contributed by atoms with E-state index in [0.717, 1.165) is 36.5 Å². The number of halogens is 3. The number of carboxylic acid groups (broad SMARTS) is 1. The number of anilines is 2. The quantitative estimate of drug-likeness (QED) is 0.338. The molecule has 3 aromatic rings. The molecule has 0 amide bonds. The lowest BCUT2D eigenvalue weighted by Gasteiger charge is -2.31. The highest BCUT2D eigenvalue weighted by Gasteiger charge is 2.35. The topological polar surface area (TPSA) is 78.4 Å². The summed E-state index contributed by atoms with van der Waals surface area (Å²) in [6.45, 7) is 4.98. The molecule has 0 unspecified atom stereocenters. The molecule has 1 aliphatic heterocycles. The van der Waals surface area contributed by atoms with Gasteiger partial charge in [-0.05, 0) is 48.6 Å². The second-order valence-electron chi connectivity index (χ2n) is 8.99. The van der Waals surface area contributed by atoms with Crippen molar-refractivity contribution in [3.63, 3.8) is 0 Å². The SMILES string of the molecule is CC(C)c1ccccc1-c1nc(NSc2cccc(N3CCC[C@H](C(=O)O)C3)n2)ccc1C(F)(F)F. The van der Waals surface area contributed by atoms with Crippen LogP contribution >= 0.6 is 11.9 Å². The first-order valence-electron chi connectivity index (χ1n) is 11.7. The van der Waals surface area contributed by atoms with Crippen molar-refractivity contribution in [1.82, 2.24) is 9.97 Å². The van der Waals surface area contributed by atoms with Crippen LogP contribution in [0.1, 0.15) is 43.7 Å². The fourth-order valence-electron chi connectivity index (χ4n) is 4.29. The average molecular weight is 517 g/mol. The number of nitrogens with one attached hydrogen (secondary N) is 1. The molecule has 6 nitrogen and oxygen atoms in total. The first-order chi connectivity index (χ1) is 17.1. The maximum atomic E-state index is 13.8. The summed E-state index contributed by atoms with van der Waals surface area (Å²) in [4.78, 5) is 22.3. The van der Waals surface area contributed by atoms with Crippen molar-refractivity contribution in [2.45, 2.75) is 43.8 Å². The molecule has 0 saturated carbocycles. The van der Waals surface area contributed by atoms with Gasteiger partial charge in [0.05, 0.1) is 17.2 Å². The van der Waals surface area contributed by atoms with Gasteiger partial charge < -0.3 is 14.7 Å². The minimum atomic E-state index is -4.55. The number of pyridine rings is 2. The van der Waals surface area contributed by atoms with E-state index in [-0.39, 0.29) is 17.4 Å². The molecule has 0 aliphatic carbocycles. The lowest BCUT2D eigenvalue weighted by Crippen LogP contribution is -2.39. The average Bonchev–Trinajstić information content (AvgIpc) is 2.87. The van der Waals surface area contributed by atoms with Crippen molar-refractivity contribution in [2.75, 3.05) is 22.7 Å². The highest BCUT2D eigenvalue weighted by Crippen LogP contribution is 2.39. The number of benzene rings is 1. The van der Waals surface area contributed by atoms with Gasteiger partial charge in [0.2, 0.25) is 0 Å². The van der Waals surface area contributed by atoms with Gasteiger partial charge in [-0.15, -0.1) is 0 Å². The van der Waals surface area contributed by atoms with Crippen LogP contribution in [0.15, 0.2) is 59.6 Å². The minimum absolute atomic E-state index is 0.0255. The summed E-state index contributed by atoms with van der Waals surface area (Å²) < 4.78 is 44.5. The first-order valence-corrected chi connectivity index (χ1v) is 12.5. The number of nitrogens with zero attached hydrogens (tertiary/aromatic N) is 3. The summed E-state index contributed by atoms with van der Waals surface area (Å²) in [6.07, 6.45) is -3.13. The van der Waals surface area contributed by atoms with E-state index in [1.54, 1.807) is 18.2 Å². The van der Waals surface area contributed by atoms with Crippen LogP contribution < -0.4 is 9.62 Å². The van der Waals surface area contributed by atoms with Crippen LogP contribution in [-0.2, 0) is 11.0 Å². The Bertz CT molecular complexity index is 1240. The molecule has 2 N–H and O–H groups in total. The third kappa shape index (κ3) is 5.92. The molecule has 1 fully saturated rings. The molecular formula is C26H27F3N4O2S. The zero-order chi connectivity index (χ0) is 25.9. The number of carboxylic acids is 1. The van der Waals surface area contributed by atoms with Crippen molar-refractivity contribution in [2.24, 2.45) is 5.92 Å². The molecule has 1 saturated heterocycles. The molecule has 0 bridgehead atoms. The smallest absolute Gasteiger partial charge is 0.418 e. The predicted molar refractivity (Wildman–Crippen MR) is 135 cm³/mol. The van der Waals surface area contributed by atoms with Crippen molar-refractivity contribution in [3.8, 4) is 11.3 Å². The van der Waals surface area contributed by atoms with Gasteiger partial charge in [-0.3, -0.25) is 4.79 Å². The first kappa shape index (κ1) is 25.8. The van der Waals surface area contributed by atoms with Crippen molar-refractivity contribution in [1.29, 1.82) is 0 Å². The molecule has 1 aliphatic rings. The Morgan fingerprint density at radius 2 is 1.89 bits per heavy atom. The highest BCUT2D eigenvalue weighted by molar-refractivity contribution is 8.00. The molecule has 10 heteroatoms. The van der Waals surface area contributed by atoms with Crippen LogP contribution in [-0.4, -0.2) is 34.1 Å². The van der Waals surface area contributed by atoms with Gasteiger partial charge in [-0.25, -0.2) is 9.97 Å². The van der Waals surface area contributed by atoms with Crippen LogP contribution in [0.3, 0.4) is 0 Å². The number of hydrogen-bond acceptors (Lipinski definition) is 6. The van der Waals surface area contributed by atoms with Crippen molar-refractivity contribution < 1.29 is 23.1 Å². The molecule has 1 aromatic carbocycles. The number of piperidine rings is 1. The second-order valence-corrected chi connectivity index (χ2v) is 9.82. The van der Waals surface area contributed by atoms with Gasteiger partial charge >= 0.3 is 12.1 Å². The van der Waals surface area contributed by atoms with E-state index in [1.807, 2.05) is 43.0 Å². The number of aromatic nitrogens is 2. The Balaban J connectivity index is 1.57. The van der Waals surface area contributed by atoms with E-state index in [1.165, 1.54) is 6.07 Å². The largest absolute Gasteiger partial charge is 0.481 e. The van der Waals surface area contributed by atoms with E-state index in [2.05, 4.69) is 14.7 Å². The number of hydrogen-bond donors (Lipinski definition) is 2. The van der Waals surface area contributed by atoms with Crippen LogP contribution in [0.2, 0.25) is 0 Å². The lowest BCUT2D eigenvalue weighted by atomic mass is 9.93. The number of alkyl halides is 3. The molecular weight excluding hydrogens is 489 g/mol. The van der Waals surface area contributed by atoms with E-state index in [4.69, 9.17) is 0 Å². The third-order valence-corrected chi connectivity index (χ3v) is 6.85. The predicted octanol–water partition coefficient (Wildman–Crippen LogP) is 6.71. The number of rotatable bonds is 7. The Morgan fingerprint density at radius 3 is 2.61 bits per heavy atom. The van der Waals surface area contributed by atoms with E-state index >= 15 is 0 Å². The van der Waals surface area contributed by atoms with Gasteiger partial charge in [-0.1, -0.05) is 44.2 Å². The molecule has 1 atom stereocenters. The minimum Gasteiger partial charge on any atom is -0.481 e. The summed E-state index contributed by atoms with van der Waals surface area (Å²) in [5.74, 6) is -0.275. The standard InChI is InChI=1S/C26H27F3N4O2S/c1-16(2)18-8-3-4-9-19(18)24-20(26(27,28)29)12-13-21(30-24)32-36-23-11-5-10-22(31-23)33-14-6-7-17(15-33)25(34)35/h3-5,8-13,16-17H,6-7,14-15H2,1-2H3,(H,30,32)(H,34,35)/t17-/m0/s1. The summed E-state index contributed by atoms with van der Waals surface area (Å²) in [7, 11) is 0. The van der Waals surface area contributed by atoms with Gasteiger partial charge in [-0.2, -0.15) is 13.2 Å². The molecule has 4 rings (SSSR count). The van der Waals surface area contributed by atoms with Crippen LogP contribution in [0.4, 0.5) is 24.8 Å². The Labute approximate surface area is 212 Å². The number of aliphatic carboxylic acids is 1. The molecule has 2 aromatic heterocycles. The molecule has 0 spiro atoms. The van der Waals surface area contributed by atoms with Crippen LogP contribution in [0, 0.1) is 5.92 Å².